The highest BCUT2D eigenvalue weighted by Gasteiger charge is 2.18. The highest BCUT2D eigenvalue weighted by Crippen LogP contribution is 2.21. The van der Waals surface area contributed by atoms with Crippen LogP contribution in [-0.4, -0.2) is 9.97 Å². The van der Waals surface area contributed by atoms with Gasteiger partial charge in [-0.2, -0.15) is 0 Å². The summed E-state index contributed by atoms with van der Waals surface area (Å²) in [5.41, 5.74) is 2.43. The standard InChI is InChI=1S/C11H11N3O2/c1-6-2-3-16-9(6)10-13-8-5-12-4-7(8)11(15)14-10/h2-3,12H,4-5H2,1H3,(H,13,14,15). The maximum absolute atomic E-state index is 11.8. The fourth-order valence-corrected chi connectivity index (χ4v) is 1.90. The smallest absolute Gasteiger partial charge is 0.256 e. The first-order valence-corrected chi connectivity index (χ1v) is 5.13. The van der Waals surface area contributed by atoms with Gasteiger partial charge in [-0.3, -0.25) is 4.79 Å². The van der Waals surface area contributed by atoms with Gasteiger partial charge in [-0.25, -0.2) is 4.98 Å². The van der Waals surface area contributed by atoms with Gasteiger partial charge in [-0.15, -0.1) is 0 Å². The summed E-state index contributed by atoms with van der Waals surface area (Å²) in [4.78, 5) is 18.9. The zero-order valence-corrected chi connectivity index (χ0v) is 8.83. The minimum absolute atomic E-state index is 0.0826. The molecule has 0 fully saturated rings. The monoisotopic (exact) mass is 217 g/mol. The van der Waals surface area contributed by atoms with E-state index in [0.717, 1.165) is 16.8 Å². The summed E-state index contributed by atoms with van der Waals surface area (Å²) < 4.78 is 5.31. The number of hydrogen-bond acceptors (Lipinski definition) is 4. The molecule has 0 atom stereocenters. The predicted molar refractivity (Wildman–Crippen MR) is 57.8 cm³/mol. The predicted octanol–water partition coefficient (Wildman–Crippen LogP) is 0.942. The minimum atomic E-state index is -0.0826. The van der Waals surface area contributed by atoms with Crippen LogP contribution in [0.15, 0.2) is 21.5 Å². The van der Waals surface area contributed by atoms with Crippen LogP contribution in [0.25, 0.3) is 11.6 Å². The van der Waals surface area contributed by atoms with Crippen molar-refractivity contribution in [2.75, 3.05) is 0 Å². The summed E-state index contributed by atoms with van der Waals surface area (Å²) in [6.07, 6.45) is 1.59. The fraction of sp³-hybridized carbons (Fsp3) is 0.273. The molecule has 16 heavy (non-hydrogen) atoms. The Bertz CT molecular complexity index is 598. The lowest BCUT2D eigenvalue weighted by Crippen LogP contribution is -2.15. The van der Waals surface area contributed by atoms with Crippen molar-refractivity contribution in [3.63, 3.8) is 0 Å². The number of H-pyrrole nitrogens is 1. The van der Waals surface area contributed by atoms with E-state index in [9.17, 15) is 4.79 Å². The molecule has 82 valence electrons. The second-order valence-electron chi connectivity index (χ2n) is 3.88. The molecule has 0 radical (unpaired) electrons. The molecule has 0 spiro atoms. The molecule has 1 aliphatic rings. The lowest BCUT2D eigenvalue weighted by molar-refractivity contribution is 0.574. The third-order valence-corrected chi connectivity index (χ3v) is 2.77. The van der Waals surface area contributed by atoms with Gasteiger partial charge in [0.1, 0.15) is 0 Å². The Labute approximate surface area is 91.5 Å². The second kappa shape index (κ2) is 3.31. The van der Waals surface area contributed by atoms with Crippen molar-refractivity contribution < 1.29 is 4.42 Å². The van der Waals surface area contributed by atoms with Crippen LogP contribution in [-0.2, 0) is 13.1 Å². The van der Waals surface area contributed by atoms with E-state index >= 15 is 0 Å². The highest BCUT2D eigenvalue weighted by molar-refractivity contribution is 5.52. The zero-order valence-electron chi connectivity index (χ0n) is 8.83. The number of nitrogens with zero attached hydrogens (tertiary/aromatic N) is 1. The van der Waals surface area contributed by atoms with Crippen molar-refractivity contribution in [1.82, 2.24) is 15.3 Å². The van der Waals surface area contributed by atoms with Crippen molar-refractivity contribution in [3.05, 3.63) is 39.5 Å². The molecule has 5 heteroatoms. The first-order valence-electron chi connectivity index (χ1n) is 5.13. The van der Waals surface area contributed by atoms with Gasteiger partial charge in [0.05, 0.1) is 17.5 Å². The van der Waals surface area contributed by atoms with Gasteiger partial charge in [0, 0.05) is 13.1 Å². The van der Waals surface area contributed by atoms with Gasteiger partial charge in [0.15, 0.2) is 11.6 Å². The van der Waals surface area contributed by atoms with Crippen LogP contribution in [0.4, 0.5) is 0 Å². The fourth-order valence-electron chi connectivity index (χ4n) is 1.90. The first-order chi connectivity index (χ1) is 7.75. The molecule has 2 N–H and O–H groups in total. The van der Waals surface area contributed by atoms with E-state index in [2.05, 4.69) is 15.3 Å². The van der Waals surface area contributed by atoms with Crippen LogP contribution in [0.1, 0.15) is 16.8 Å². The molecule has 1 aliphatic heterocycles. The Kier molecular flexibility index (Phi) is 1.94. The van der Waals surface area contributed by atoms with Crippen molar-refractivity contribution in [2.45, 2.75) is 20.0 Å². The number of aromatic nitrogens is 2. The number of aryl methyl sites for hydroxylation is 1. The molecule has 3 rings (SSSR count). The summed E-state index contributed by atoms with van der Waals surface area (Å²) >= 11 is 0. The molecule has 2 aromatic rings. The maximum Gasteiger partial charge on any atom is 0.256 e. The molecular weight excluding hydrogens is 206 g/mol. The van der Waals surface area contributed by atoms with E-state index in [1.807, 2.05) is 13.0 Å². The SMILES string of the molecule is Cc1ccoc1-c1nc2c(c(=O)[nH]1)CNC2. The number of hydrogen-bond donors (Lipinski definition) is 2. The number of fused-ring (bicyclic) bond motifs is 1. The largest absolute Gasteiger partial charge is 0.461 e. The average Bonchev–Trinajstić information content (AvgIpc) is 2.85. The van der Waals surface area contributed by atoms with Gasteiger partial charge in [-0.05, 0) is 18.6 Å². The number of aromatic amines is 1. The summed E-state index contributed by atoms with van der Waals surface area (Å²) in [7, 11) is 0. The average molecular weight is 217 g/mol. The maximum atomic E-state index is 11.8. The molecule has 0 bridgehead atoms. The second-order valence-corrected chi connectivity index (χ2v) is 3.88. The van der Waals surface area contributed by atoms with E-state index in [0.29, 0.717) is 24.7 Å². The van der Waals surface area contributed by atoms with Crippen LogP contribution in [0.2, 0.25) is 0 Å². The first kappa shape index (κ1) is 9.35. The molecule has 2 aromatic heterocycles. The van der Waals surface area contributed by atoms with Crippen molar-refractivity contribution in [3.8, 4) is 11.6 Å². The molecule has 0 saturated carbocycles. The Morgan fingerprint density at radius 3 is 3.06 bits per heavy atom. The van der Waals surface area contributed by atoms with Gasteiger partial charge in [0.25, 0.3) is 5.56 Å². The van der Waals surface area contributed by atoms with Crippen LogP contribution >= 0.6 is 0 Å². The summed E-state index contributed by atoms with van der Waals surface area (Å²) in [6, 6.07) is 1.85. The normalized spacial score (nSPS) is 14.1. The third-order valence-electron chi connectivity index (χ3n) is 2.77. The van der Waals surface area contributed by atoms with E-state index in [-0.39, 0.29) is 5.56 Å². The summed E-state index contributed by atoms with van der Waals surface area (Å²) in [6.45, 7) is 3.16. The van der Waals surface area contributed by atoms with Gasteiger partial charge >= 0.3 is 0 Å². The van der Waals surface area contributed by atoms with E-state index in [4.69, 9.17) is 4.42 Å². The van der Waals surface area contributed by atoms with Crippen molar-refractivity contribution >= 4 is 0 Å². The lowest BCUT2D eigenvalue weighted by atomic mass is 10.2. The van der Waals surface area contributed by atoms with Crippen LogP contribution in [0.3, 0.4) is 0 Å². The Balaban J connectivity index is 2.21. The van der Waals surface area contributed by atoms with Gasteiger partial charge in [-0.1, -0.05) is 0 Å². The third kappa shape index (κ3) is 1.29. The van der Waals surface area contributed by atoms with E-state index in [1.54, 1.807) is 6.26 Å². The number of nitrogens with one attached hydrogen (secondary N) is 2. The molecule has 5 nitrogen and oxygen atoms in total. The molecule has 0 saturated heterocycles. The zero-order chi connectivity index (χ0) is 11.1. The number of furan rings is 1. The lowest BCUT2D eigenvalue weighted by Gasteiger charge is -2.01. The van der Waals surface area contributed by atoms with Crippen LogP contribution in [0, 0.1) is 6.92 Å². The summed E-state index contributed by atoms with van der Waals surface area (Å²) in [5, 5.41) is 3.10. The molecule has 0 amide bonds. The van der Waals surface area contributed by atoms with Crippen molar-refractivity contribution in [2.24, 2.45) is 0 Å². The quantitative estimate of drug-likeness (QED) is 0.745. The minimum Gasteiger partial charge on any atom is -0.461 e. The summed E-state index contributed by atoms with van der Waals surface area (Å²) in [5.74, 6) is 1.14. The van der Waals surface area contributed by atoms with Crippen LogP contribution in [0.5, 0.6) is 0 Å². The number of rotatable bonds is 1. The van der Waals surface area contributed by atoms with E-state index in [1.165, 1.54) is 0 Å². The van der Waals surface area contributed by atoms with Gasteiger partial charge < -0.3 is 14.7 Å². The molecule has 0 unspecified atom stereocenters. The Hall–Kier alpha value is -1.88. The Morgan fingerprint density at radius 1 is 1.44 bits per heavy atom. The molecule has 0 aromatic carbocycles. The van der Waals surface area contributed by atoms with Crippen LogP contribution < -0.4 is 10.9 Å². The Morgan fingerprint density at radius 2 is 2.31 bits per heavy atom. The highest BCUT2D eigenvalue weighted by atomic mass is 16.3. The molecule has 3 heterocycles. The van der Waals surface area contributed by atoms with Crippen molar-refractivity contribution in [1.29, 1.82) is 0 Å². The topological polar surface area (TPSA) is 70.9 Å². The van der Waals surface area contributed by atoms with E-state index < -0.39 is 0 Å². The molecule has 0 aliphatic carbocycles. The van der Waals surface area contributed by atoms with Gasteiger partial charge in [0.2, 0.25) is 0 Å². The molecular formula is C11H11N3O2.